The van der Waals surface area contributed by atoms with Crippen molar-refractivity contribution in [2.45, 2.75) is 33.1 Å². The lowest BCUT2D eigenvalue weighted by molar-refractivity contribution is 0.591. The smallest absolute Gasteiger partial charge is 0.252 e. The van der Waals surface area contributed by atoms with Crippen molar-refractivity contribution in [3.05, 3.63) is 144 Å². The molecule has 0 unspecified atom stereocenters. The third-order valence-electron chi connectivity index (χ3n) is 10.0. The molecule has 12 rings (SSSR count). The third-order valence-corrected chi connectivity index (χ3v) is 10.0. The van der Waals surface area contributed by atoms with E-state index in [0.29, 0.717) is 0 Å². The average molecular weight is 690 g/mol. The second-order valence-electron chi connectivity index (χ2n) is 14.1. The molecule has 0 aliphatic carbocycles. The van der Waals surface area contributed by atoms with Crippen LogP contribution in [0.25, 0.3) is 49.4 Å². The van der Waals surface area contributed by atoms with Gasteiger partial charge in [0.05, 0.1) is 58.3 Å². The minimum Gasteiger partial charge on any atom is -0.456 e. The van der Waals surface area contributed by atoms with Crippen molar-refractivity contribution in [2.24, 2.45) is 0 Å². The van der Waals surface area contributed by atoms with E-state index in [1.54, 1.807) is 20.8 Å². The molecule has 246 valence electrons. The Morgan fingerprint density at radius 1 is 0.577 bits per heavy atom. The van der Waals surface area contributed by atoms with Crippen LogP contribution in [0, 0.1) is 6.92 Å². The van der Waals surface area contributed by atoms with Gasteiger partial charge in [-0.15, -0.1) is 0 Å². The molecular weight excluding hydrogens is 633 g/mol. The number of anilines is 6. The standard InChI is InChI=1S/C47H34BN3O/c1-27-23-40-44-41(24-27)51-38-16-9-13-33-30-11-5-7-15-36(30)50(45(33)38)39-17-10-14-34(46(39)51)48(44)35-25-28(47(2,3)4)19-22-37(35)49(40)29-20-21-32-31-12-6-8-18-42(31)52-43(32)26-29/h5-26H,1-4H3/i5D,6D,7D,8D,9D,10D,11D,12D,13D,14D,15D,16D,17D,18D,19D,20D,21D,22D,23D,24D,25D,26D. The zero-order valence-corrected chi connectivity index (χ0v) is 27.8. The average Bonchev–Trinajstić information content (AvgIpc) is 3.93. The van der Waals surface area contributed by atoms with Crippen LogP contribution in [0.3, 0.4) is 0 Å². The van der Waals surface area contributed by atoms with Crippen molar-refractivity contribution in [2.75, 3.05) is 9.80 Å². The summed E-state index contributed by atoms with van der Waals surface area (Å²) in [6.45, 7) is 4.88. The first-order valence-corrected chi connectivity index (χ1v) is 16.5. The second kappa shape index (κ2) is 9.57. The van der Waals surface area contributed by atoms with E-state index >= 15 is 0 Å². The molecule has 52 heavy (non-hydrogen) atoms. The van der Waals surface area contributed by atoms with Crippen molar-refractivity contribution >= 4 is 101 Å². The van der Waals surface area contributed by atoms with E-state index in [4.69, 9.17) is 14.0 Å². The van der Waals surface area contributed by atoms with Gasteiger partial charge in [-0.2, -0.15) is 0 Å². The maximum Gasteiger partial charge on any atom is 0.252 e. The summed E-state index contributed by atoms with van der Waals surface area (Å²) in [5, 5.41) is -1.09. The summed E-state index contributed by atoms with van der Waals surface area (Å²) in [5.41, 5.74) is -5.34. The number of aromatic nitrogens is 1. The van der Waals surface area contributed by atoms with E-state index in [0.717, 1.165) is 4.90 Å². The summed E-state index contributed by atoms with van der Waals surface area (Å²) in [4.78, 5) is 2.36. The highest BCUT2D eigenvalue weighted by Crippen LogP contribution is 2.52. The van der Waals surface area contributed by atoms with E-state index in [9.17, 15) is 20.6 Å². The van der Waals surface area contributed by atoms with Gasteiger partial charge in [-0.3, -0.25) is 0 Å². The molecule has 0 atom stereocenters. The molecule has 7 aromatic carbocycles. The molecule has 2 aromatic heterocycles. The van der Waals surface area contributed by atoms with Gasteiger partial charge in [0.2, 0.25) is 0 Å². The third kappa shape index (κ3) is 3.48. The molecule has 9 aromatic rings. The Morgan fingerprint density at radius 3 is 2.17 bits per heavy atom. The molecule has 3 aliphatic rings. The lowest BCUT2D eigenvalue weighted by Gasteiger charge is -2.46. The Labute approximate surface area is 333 Å². The van der Waals surface area contributed by atoms with Gasteiger partial charge >= 0.3 is 0 Å². The van der Waals surface area contributed by atoms with Crippen LogP contribution in [0.15, 0.2) is 137 Å². The lowest BCUT2D eigenvalue weighted by Crippen LogP contribution is -2.62. The maximum atomic E-state index is 10.2. The number of hydrogen-bond acceptors (Lipinski definition) is 3. The fraction of sp³-hybridized carbons (Fsp3) is 0.106. The van der Waals surface area contributed by atoms with E-state index in [1.807, 2.05) is 0 Å². The predicted molar refractivity (Wildman–Crippen MR) is 219 cm³/mol. The molecule has 0 saturated heterocycles. The fourth-order valence-corrected chi connectivity index (χ4v) is 7.88. The Kier molecular flexibility index (Phi) is 2.72. The van der Waals surface area contributed by atoms with Crippen molar-refractivity contribution in [1.29, 1.82) is 0 Å². The van der Waals surface area contributed by atoms with E-state index < -0.39 is 162 Å². The van der Waals surface area contributed by atoms with E-state index in [1.165, 1.54) is 16.4 Å². The molecule has 0 amide bonds. The van der Waals surface area contributed by atoms with Gasteiger partial charge in [-0.25, -0.2) is 0 Å². The Bertz CT molecular complexity index is 4310. The molecule has 0 spiro atoms. The predicted octanol–water partition coefficient (Wildman–Crippen LogP) is 10.7. The Hall–Kier alpha value is -6.20. The molecular formula is C47H34BN3O. The van der Waals surface area contributed by atoms with Crippen LogP contribution in [0.4, 0.5) is 34.1 Å². The number of para-hydroxylation sites is 4. The minimum absolute atomic E-state index is 0.00530. The van der Waals surface area contributed by atoms with Crippen LogP contribution >= 0.6 is 0 Å². The summed E-state index contributed by atoms with van der Waals surface area (Å²) in [6.07, 6.45) is 0. The number of rotatable bonds is 1. The summed E-state index contributed by atoms with van der Waals surface area (Å²) in [6, 6.07) is -13.9. The Balaban J connectivity index is 1.36. The number of benzene rings is 7. The zero-order valence-electron chi connectivity index (χ0n) is 49.8. The van der Waals surface area contributed by atoms with Crippen molar-refractivity contribution in [3.8, 4) is 5.69 Å². The van der Waals surface area contributed by atoms with Crippen molar-refractivity contribution in [3.63, 3.8) is 0 Å². The van der Waals surface area contributed by atoms with E-state index in [-0.39, 0.29) is 94.2 Å². The van der Waals surface area contributed by atoms with Crippen LogP contribution in [0.2, 0.25) is 0 Å². The molecule has 0 radical (unpaired) electrons. The van der Waals surface area contributed by atoms with Gasteiger partial charge in [-0.1, -0.05) is 93.3 Å². The van der Waals surface area contributed by atoms with Crippen LogP contribution in [-0.4, -0.2) is 11.3 Å². The second-order valence-corrected chi connectivity index (χ2v) is 14.1. The van der Waals surface area contributed by atoms with Gasteiger partial charge in [0.1, 0.15) is 11.2 Å². The van der Waals surface area contributed by atoms with Gasteiger partial charge in [0.25, 0.3) is 6.71 Å². The van der Waals surface area contributed by atoms with Crippen LogP contribution in [0.5, 0.6) is 0 Å². The quantitative estimate of drug-likeness (QED) is 0.160. The molecule has 3 aliphatic heterocycles. The fourth-order valence-electron chi connectivity index (χ4n) is 7.88. The maximum absolute atomic E-state index is 10.2. The van der Waals surface area contributed by atoms with Gasteiger partial charge in [-0.05, 0) is 94.2 Å². The molecule has 0 fully saturated rings. The van der Waals surface area contributed by atoms with Crippen molar-refractivity contribution < 1.29 is 34.6 Å². The molecule has 0 N–H and O–H groups in total. The van der Waals surface area contributed by atoms with Crippen LogP contribution in [0.1, 0.15) is 62.1 Å². The molecule has 0 bridgehead atoms. The highest BCUT2D eigenvalue weighted by atomic mass is 16.3. The summed E-state index contributed by atoms with van der Waals surface area (Å²) >= 11 is 0. The molecule has 5 heterocycles. The number of hydrogen-bond donors (Lipinski definition) is 0. The normalized spacial score (nSPS) is 20.0. The highest BCUT2D eigenvalue weighted by molar-refractivity contribution is 7.00. The number of furan rings is 1. The summed E-state index contributed by atoms with van der Waals surface area (Å²) in [7, 11) is 0. The zero-order chi connectivity index (χ0) is 53.8. The van der Waals surface area contributed by atoms with E-state index in [2.05, 4.69) is 0 Å². The molecule has 0 saturated carbocycles. The molecule has 5 heteroatoms. The first-order chi connectivity index (χ1) is 34.6. The molecule has 4 nitrogen and oxygen atoms in total. The summed E-state index contributed by atoms with van der Waals surface area (Å²) < 4.78 is 213. The van der Waals surface area contributed by atoms with Gasteiger partial charge in [0.15, 0.2) is 0 Å². The number of nitrogens with zero attached hydrogens (tertiary/aromatic N) is 3. The van der Waals surface area contributed by atoms with Gasteiger partial charge < -0.3 is 18.8 Å². The van der Waals surface area contributed by atoms with Crippen LogP contribution in [-0.2, 0) is 5.41 Å². The largest absolute Gasteiger partial charge is 0.456 e. The first kappa shape index (κ1) is 14.8. The lowest BCUT2D eigenvalue weighted by atomic mass is 9.33. The SMILES string of the molecule is [2H]c1c([2H])c2c3c(c1[2H])-n1c4c([2H])c([2H])c([2H])c([2H])c4c4c([2H])c([2H])c([2H])c(c41)N3c1c([2H])c(C)c([2H])c3c1B2c1c([2H])c(C(C)(C)C)c([2H])c([2H])c1N3c1c([2H])c([2H])c2c(oc3c([2H])c([2H])c([2H])c([2H])c32)c1[2H]. The topological polar surface area (TPSA) is 24.6 Å². The van der Waals surface area contributed by atoms with Crippen molar-refractivity contribution in [1.82, 2.24) is 4.57 Å². The highest BCUT2D eigenvalue weighted by Gasteiger charge is 2.46. The Morgan fingerprint density at radius 2 is 1.31 bits per heavy atom. The number of fused-ring (bicyclic) bond motifs is 12. The summed E-state index contributed by atoms with van der Waals surface area (Å²) in [5.74, 6) is 0. The first-order valence-electron chi connectivity index (χ1n) is 27.5. The van der Waals surface area contributed by atoms with Crippen LogP contribution < -0.4 is 26.2 Å². The monoisotopic (exact) mass is 689 g/mol. The van der Waals surface area contributed by atoms with Gasteiger partial charge in [0, 0.05) is 50.3 Å². The minimum atomic E-state index is -1.61.